The summed E-state index contributed by atoms with van der Waals surface area (Å²) < 4.78 is 5.70. The lowest BCUT2D eigenvalue weighted by Crippen LogP contribution is -2.23. The third kappa shape index (κ3) is 5.27. The molecule has 1 saturated heterocycles. The highest BCUT2D eigenvalue weighted by Gasteiger charge is 2.15. The summed E-state index contributed by atoms with van der Waals surface area (Å²) in [6, 6.07) is 14.9. The number of carbonyl (C=O) groups is 1. The summed E-state index contributed by atoms with van der Waals surface area (Å²) in [7, 11) is 0. The Bertz CT molecular complexity index is 786. The van der Waals surface area contributed by atoms with Crippen LogP contribution in [0.5, 0.6) is 5.75 Å². The fourth-order valence-electron chi connectivity index (χ4n) is 3.94. The van der Waals surface area contributed by atoms with Crippen LogP contribution in [0, 0.1) is 5.92 Å². The van der Waals surface area contributed by atoms with Crippen LogP contribution in [0.4, 0.5) is 0 Å². The van der Waals surface area contributed by atoms with E-state index in [4.69, 9.17) is 4.74 Å². The van der Waals surface area contributed by atoms with E-state index in [9.17, 15) is 4.79 Å². The van der Waals surface area contributed by atoms with Crippen LogP contribution in [-0.2, 0) is 17.8 Å². The fraction of sp³-hybridized carbons (Fsp3) is 0.435. The van der Waals surface area contributed by atoms with Gasteiger partial charge in [0.15, 0.2) is 0 Å². The van der Waals surface area contributed by atoms with Gasteiger partial charge in [-0.05, 0) is 79.1 Å². The minimum absolute atomic E-state index is 0. The average molecular weight is 401 g/mol. The van der Waals surface area contributed by atoms with Crippen molar-refractivity contribution in [2.75, 3.05) is 19.7 Å². The molecule has 2 aromatic rings. The molecule has 0 aliphatic carbocycles. The van der Waals surface area contributed by atoms with Crippen LogP contribution in [0.15, 0.2) is 42.5 Å². The first-order valence-corrected chi connectivity index (χ1v) is 10.1. The number of hydrogen-bond donors (Lipinski definition) is 2. The SMILES string of the molecule is Cl.O=C(CCC1CCNC1)NCc1ccc(-c2ccc3c(c2)CCCO3)cc1. The summed E-state index contributed by atoms with van der Waals surface area (Å²) in [6.07, 6.45) is 4.99. The number of fused-ring (bicyclic) bond motifs is 1. The van der Waals surface area contributed by atoms with E-state index < -0.39 is 0 Å². The van der Waals surface area contributed by atoms with Crippen LogP contribution < -0.4 is 15.4 Å². The zero-order valence-corrected chi connectivity index (χ0v) is 17.0. The molecule has 28 heavy (non-hydrogen) atoms. The Kier molecular flexibility index (Phi) is 7.35. The zero-order valence-electron chi connectivity index (χ0n) is 16.2. The number of aryl methyl sites for hydroxylation is 1. The molecule has 4 rings (SSSR count). The summed E-state index contributed by atoms with van der Waals surface area (Å²) >= 11 is 0. The minimum atomic E-state index is 0. The number of ether oxygens (including phenoxy) is 1. The Hall–Kier alpha value is -2.04. The van der Waals surface area contributed by atoms with Gasteiger partial charge in [0.2, 0.25) is 5.91 Å². The maximum Gasteiger partial charge on any atom is 0.220 e. The second-order valence-corrected chi connectivity index (χ2v) is 7.65. The van der Waals surface area contributed by atoms with Crippen molar-refractivity contribution in [3.63, 3.8) is 0 Å². The molecule has 2 heterocycles. The van der Waals surface area contributed by atoms with Crippen molar-refractivity contribution < 1.29 is 9.53 Å². The van der Waals surface area contributed by atoms with Crippen LogP contribution in [0.2, 0.25) is 0 Å². The summed E-state index contributed by atoms with van der Waals surface area (Å²) in [6.45, 7) is 3.57. The number of carbonyl (C=O) groups excluding carboxylic acids is 1. The van der Waals surface area contributed by atoms with Crippen molar-refractivity contribution in [2.24, 2.45) is 5.92 Å². The Morgan fingerprint density at radius 2 is 1.96 bits per heavy atom. The molecule has 150 valence electrons. The van der Waals surface area contributed by atoms with Crippen LogP contribution in [0.1, 0.15) is 36.8 Å². The zero-order chi connectivity index (χ0) is 18.5. The lowest BCUT2D eigenvalue weighted by Gasteiger charge is -2.18. The number of halogens is 1. The van der Waals surface area contributed by atoms with Gasteiger partial charge in [-0.3, -0.25) is 4.79 Å². The number of nitrogens with one attached hydrogen (secondary N) is 2. The van der Waals surface area contributed by atoms with Crippen molar-refractivity contribution in [3.05, 3.63) is 53.6 Å². The molecule has 0 radical (unpaired) electrons. The van der Waals surface area contributed by atoms with Gasteiger partial charge in [-0.2, -0.15) is 0 Å². The third-order valence-corrected chi connectivity index (χ3v) is 5.63. The van der Waals surface area contributed by atoms with Crippen molar-refractivity contribution in [3.8, 4) is 16.9 Å². The molecule has 1 amide bonds. The van der Waals surface area contributed by atoms with E-state index in [1.165, 1.54) is 23.1 Å². The van der Waals surface area contributed by atoms with Gasteiger partial charge in [-0.25, -0.2) is 0 Å². The predicted molar refractivity (Wildman–Crippen MR) is 115 cm³/mol. The molecule has 0 spiro atoms. The first-order chi connectivity index (χ1) is 13.3. The summed E-state index contributed by atoms with van der Waals surface area (Å²) in [4.78, 5) is 12.1. The lowest BCUT2D eigenvalue weighted by atomic mass is 9.98. The van der Waals surface area contributed by atoms with Gasteiger partial charge in [0, 0.05) is 13.0 Å². The number of rotatable bonds is 6. The molecular formula is C23H29ClN2O2. The molecule has 1 unspecified atom stereocenters. The third-order valence-electron chi connectivity index (χ3n) is 5.63. The van der Waals surface area contributed by atoms with E-state index in [0.717, 1.165) is 50.3 Å². The van der Waals surface area contributed by atoms with Crippen LogP contribution >= 0.6 is 12.4 Å². The standard InChI is InChI=1S/C23H28N2O2.ClH/c26-23(10-5-18-11-12-24-15-18)25-16-17-3-6-19(7-4-17)20-8-9-22-21(14-20)2-1-13-27-22;/h3-4,6-9,14,18,24H,1-2,5,10-13,15-16H2,(H,25,26);1H. The molecule has 1 atom stereocenters. The van der Waals surface area contributed by atoms with Gasteiger partial charge in [0.05, 0.1) is 6.61 Å². The molecule has 2 aromatic carbocycles. The average Bonchev–Trinajstić information content (AvgIpc) is 3.24. The molecule has 0 saturated carbocycles. The first-order valence-electron chi connectivity index (χ1n) is 10.1. The van der Waals surface area contributed by atoms with Crippen LogP contribution in [0.25, 0.3) is 11.1 Å². The lowest BCUT2D eigenvalue weighted by molar-refractivity contribution is -0.121. The number of hydrogen-bond acceptors (Lipinski definition) is 3. The molecular weight excluding hydrogens is 372 g/mol. The highest BCUT2D eigenvalue weighted by atomic mass is 35.5. The van der Waals surface area contributed by atoms with Gasteiger partial charge >= 0.3 is 0 Å². The van der Waals surface area contributed by atoms with Gasteiger partial charge in [0.25, 0.3) is 0 Å². The predicted octanol–water partition coefficient (Wildman–Crippen LogP) is 4.11. The second kappa shape index (κ2) is 9.94. The summed E-state index contributed by atoms with van der Waals surface area (Å²) in [5.41, 5.74) is 4.86. The van der Waals surface area contributed by atoms with E-state index in [1.54, 1.807) is 0 Å². The Morgan fingerprint density at radius 3 is 2.75 bits per heavy atom. The van der Waals surface area contributed by atoms with Gasteiger partial charge in [0.1, 0.15) is 5.75 Å². The maximum atomic E-state index is 12.1. The fourth-order valence-corrected chi connectivity index (χ4v) is 3.94. The maximum absolute atomic E-state index is 12.1. The van der Waals surface area contributed by atoms with Gasteiger partial charge in [-0.1, -0.05) is 30.3 Å². The Balaban J connectivity index is 0.00000225. The monoisotopic (exact) mass is 400 g/mol. The topological polar surface area (TPSA) is 50.4 Å². The Morgan fingerprint density at radius 1 is 1.14 bits per heavy atom. The van der Waals surface area contributed by atoms with Crippen LogP contribution in [-0.4, -0.2) is 25.6 Å². The van der Waals surface area contributed by atoms with E-state index in [-0.39, 0.29) is 18.3 Å². The summed E-state index contributed by atoms with van der Waals surface area (Å²) in [5.74, 6) is 1.84. The molecule has 0 aromatic heterocycles. The highest BCUT2D eigenvalue weighted by molar-refractivity contribution is 5.85. The quantitative estimate of drug-likeness (QED) is 0.767. The first kappa shape index (κ1) is 20.7. The van der Waals surface area contributed by atoms with E-state index in [1.807, 2.05) is 0 Å². The number of benzene rings is 2. The highest BCUT2D eigenvalue weighted by Crippen LogP contribution is 2.30. The van der Waals surface area contributed by atoms with Crippen molar-refractivity contribution in [2.45, 2.75) is 38.6 Å². The van der Waals surface area contributed by atoms with Crippen molar-refractivity contribution in [1.29, 1.82) is 0 Å². The minimum Gasteiger partial charge on any atom is -0.493 e. The molecule has 2 N–H and O–H groups in total. The molecule has 1 fully saturated rings. The molecule has 0 bridgehead atoms. The normalized spacial score (nSPS) is 17.9. The smallest absolute Gasteiger partial charge is 0.220 e. The van der Waals surface area contributed by atoms with Crippen molar-refractivity contribution >= 4 is 18.3 Å². The second-order valence-electron chi connectivity index (χ2n) is 7.65. The van der Waals surface area contributed by atoms with E-state index in [2.05, 4.69) is 53.1 Å². The van der Waals surface area contributed by atoms with E-state index >= 15 is 0 Å². The Labute approximate surface area is 173 Å². The molecule has 4 nitrogen and oxygen atoms in total. The van der Waals surface area contributed by atoms with Gasteiger partial charge in [-0.15, -0.1) is 12.4 Å². The molecule has 2 aliphatic heterocycles. The van der Waals surface area contributed by atoms with E-state index in [0.29, 0.717) is 18.9 Å². The van der Waals surface area contributed by atoms with Crippen LogP contribution in [0.3, 0.4) is 0 Å². The van der Waals surface area contributed by atoms with Gasteiger partial charge < -0.3 is 15.4 Å². The molecule has 5 heteroatoms. The number of amides is 1. The van der Waals surface area contributed by atoms with Crippen molar-refractivity contribution in [1.82, 2.24) is 10.6 Å². The largest absolute Gasteiger partial charge is 0.493 e. The summed E-state index contributed by atoms with van der Waals surface area (Å²) in [5, 5.41) is 6.40. The molecule has 2 aliphatic rings.